The summed E-state index contributed by atoms with van der Waals surface area (Å²) in [6.07, 6.45) is -11.5. The molecule has 0 heterocycles. The molecule has 6 N–H and O–H groups in total. The van der Waals surface area contributed by atoms with E-state index >= 15 is 0 Å². The number of benzene rings is 2. The molecule has 1 unspecified atom stereocenters. The Morgan fingerprint density at radius 1 is 0.944 bits per heavy atom. The van der Waals surface area contributed by atoms with Crippen LogP contribution in [0.25, 0.3) is 0 Å². The maximum atomic E-state index is 13.1. The fourth-order valence-corrected chi connectivity index (χ4v) is 2.97. The van der Waals surface area contributed by atoms with Crippen molar-refractivity contribution in [1.29, 1.82) is 0 Å². The number of carbonyl (C=O) groups is 3. The highest BCUT2D eigenvalue weighted by molar-refractivity contribution is 5.97. The van der Waals surface area contributed by atoms with E-state index in [1.54, 1.807) is 0 Å². The molecule has 0 aliphatic heterocycles. The molecule has 9 nitrogen and oxygen atoms in total. The fourth-order valence-electron chi connectivity index (χ4n) is 2.97. The lowest BCUT2D eigenvalue weighted by molar-refractivity contribution is -0.306. The van der Waals surface area contributed by atoms with Gasteiger partial charge in [0.15, 0.2) is 5.96 Å². The van der Waals surface area contributed by atoms with Gasteiger partial charge in [-0.05, 0) is 42.0 Å². The first-order valence-electron chi connectivity index (χ1n) is 9.82. The molecule has 0 fully saturated rings. The van der Waals surface area contributed by atoms with E-state index in [1.807, 2.05) is 5.32 Å². The quantitative estimate of drug-likeness (QED) is 0.234. The zero-order valence-electron chi connectivity index (χ0n) is 18.0. The van der Waals surface area contributed by atoms with Crippen LogP contribution in [0, 0.1) is 0 Å². The molecule has 2 aromatic rings. The maximum absolute atomic E-state index is 13.1. The van der Waals surface area contributed by atoms with Crippen molar-refractivity contribution in [2.75, 3.05) is 6.54 Å². The Bertz CT molecular complexity index is 1140. The summed E-state index contributed by atoms with van der Waals surface area (Å²) in [6, 6.07) is 4.13. The van der Waals surface area contributed by atoms with Crippen molar-refractivity contribution in [1.82, 2.24) is 10.6 Å². The minimum atomic E-state index is -5.19. The molecule has 2 aromatic carbocycles. The number of nitrogens with zero attached hydrogens (tertiary/aromatic N) is 1. The second-order valence-electron chi connectivity index (χ2n) is 7.31. The van der Waals surface area contributed by atoms with Crippen LogP contribution in [0.5, 0.6) is 0 Å². The van der Waals surface area contributed by atoms with Gasteiger partial charge >= 0.3 is 12.4 Å². The van der Waals surface area contributed by atoms with Crippen molar-refractivity contribution in [3.8, 4) is 0 Å². The zero-order chi connectivity index (χ0) is 27.3. The highest BCUT2D eigenvalue weighted by atomic mass is 19.4. The van der Waals surface area contributed by atoms with Crippen molar-refractivity contribution in [2.24, 2.45) is 16.5 Å². The first-order chi connectivity index (χ1) is 16.6. The van der Waals surface area contributed by atoms with Crippen LogP contribution in [0.4, 0.5) is 32.0 Å². The highest BCUT2D eigenvalue weighted by Crippen LogP contribution is 2.37. The molecule has 36 heavy (non-hydrogen) atoms. The number of nitrogens with one attached hydrogen (secondary N) is 2. The van der Waals surface area contributed by atoms with E-state index in [0.29, 0.717) is 0 Å². The third kappa shape index (κ3) is 8.18. The average Bonchev–Trinajstić information content (AvgIpc) is 2.75. The van der Waals surface area contributed by atoms with E-state index in [4.69, 9.17) is 11.5 Å². The monoisotopic (exact) mass is 518 g/mol. The number of aliphatic imine (C=N–C) groups is 1. The molecule has 194 valence electrons. The van der Waals surface area contributed by atoms with Crippen LogP contribution >= 0.6 is 0 Å². The molecule has 2 rings (SSSR count). The van der Waals surface area contributed by atoms with E-state index in [2.05, 4.69) is 10.3 Å². The number of carboxylic acid groups (broad SMARTS) is 1. The molecule has 0 aromatic heterocycles. The highest BCUT2D eigenvalue weighted by Gasteiger charge is 2.37. The molecule has 0 radical (unpaired) electrons. The van der Waals surface area contributed by atoms with Crippen molar-refractivity contribution in [3.63, 3.8) is 0 Å². The number of aliphatic carboxylic acids is 1. The molecule has 15 heteroatoms. The lowest BCUT2D eigenvalue weighted by Crippen LogP contribution is -2.40. The van der Waals surface area contributed by atoms with Gasteiger partial charge in [-0.1, -0.05) is 6.07 Å². The number of hydrogen-bond acceptors (Lipinski definition) is 5. The Morgan fingerprint density at radius 2 is 1.53 bits per heavy atom. The second kappa shape index (κ2) is 11.0. The lowest BCUT2D eigenvalue weighted by Gasteiger charge is -2.22. The van der Waals surface area contributed by atoms with E-state index in [-0.39, 0.29) is 35.4 Å². The van der Waals surface area contributed by atoms with Crippen LogP contribution in [-0.4, -0.2) is 30.3 Å². The number of guanidine groups is 1. The molecule has 0 aliphatic rings. The molecule has 2 amide bonds. The van der Waals surface area contributed by atoms with Crippen molar-refractivity contribution in [3.05, 3.63) is 64.7 Å². The average molecular weight is 518 g/mol. The van der Waals surface area contributed by atoms with Gasteiger partial charge in [-0.2, -0.15) is 26.3 Å². The van der Waals surface area contributed by atoms with Gasteiger partial charge in [-0.3, -0.25) is 9.59 Å². The Kier molecular flexibility index (Phi) is 8.51. The number of halogens is 6. The summed E-state index contributed by atoms with van der Waals surface area (Å²) in [5.74, 6) is -4.03. The summed E-state index contributed by atoms with van der Waals surface area (Å²) < 4.78 is 78.8. The number of rotatable bonds is 8. The largest absolute Gasteiger partial charge is 0.550 e. The maximum Gasteiger partial charge on any atom is 0.416 e. The standard InChI is InChI=1S/C21H19F6N5O4/c22-20(23,24)12-4-11(5-13(7-12)21(25,26)27)15(8-17(34)35)32-16(33)9-30-18(36)10-2-1-3-14(6-10)31-19(28)29/h1-7,15H,8-9H2,(H,30,36)(H,32,33)(H,34,35)(H4,28,29,31)/p-1. The van der Waals surface area contributed by atoms with Gasteiger partial charge in [0.25, 0.3) is 5.91 Å². The van der Waals surface area contributed by atoms with Crippen molar-refractivity contribution >= 4 is 29.4 Å². The third-order valence-corrected chi connectivity index (χ3v) is 4.49. The Labute approximate surface area is 199 Å². The molecular formula is C21H18F6N5O4-. The number of alkyl halides is 6. The zero-order valence-corrected chi connectivity index (χ0v) is 18.0. The van der Waals surface area contributed by atoms with Gasteiger partial charge in [0.05, 0.1) is 29.4 Å². The molecule has 0 saturated carbocycles. The van der Waals surface area contributed by atoms with E-state index in [0.717, 1.165) is 0 Å². The van der Waals surface area contributed by atoms with Crippen molar-refractivity contribution in [2.45, 2.75) is 24.8 Å². The predicted molar refractivity (Wildman–Crippen MR) is 111 cm³/mol. The minimum absolute atomic E-state index is 0.0179. The summed E-state index contributed by atoms with van der Waals surface area (Å²) in [4.78, 5) is 39.4. The smallest absolute Gasteiger partial charge is 0.416 e. The number of carboxylic acids is 1. The van der Waals surface area contributed by atoms with Crippen LogP contribution < -0.4 is 27.2 Å². The lowest BCUT2D eigenvalue weighted by atomic mass is 9.97. The van der Waals surface area contributed by atoms with Crippen LogP contribution in [0.1, 0.15) is 39.5 Å². The molecule has 0 saturated heterocycles. The number of nitrogens with two attached hydrogens (primary N) is 2. The van der Waals surface area contributed by atoms with Gasteiger partial charge in [0.2, 0.25) is 5.91 Å². The summed E-state index contributed by atoms with van der Waals surface area (Å²) in [5, 5.41) is 15.3. The normalized spacial score (nSPS) is 12.4. The first-order valence-corrected chi connectivity index (χ1v) is 9.82. The Hall–Kier alpha value is -4.30. The Morgan fingerprint density at radius 3 is 2.03 bits per heavy atom. The second-order valence-corrected chi connectivity index (χ2v) is 7.31. The van der Waals surface area contributed by atoms with Crippen LogP contribution in [0.3, 0.4) is 0 Å². The molecular weight excluding hydrogens is 500 g/mol. The third-order valence-electron chi connectivity index (χ3n) is 4.49. The van der Waals surface area contributed by atoms with E-state index in [1.165, 1.54) is 24.3 Å². The first kappa shape index (κ1) is 27.9. The van der Waals surface area contributed by atoms with Crippen LogP contribution in [-0.2, 0) is 21.9 Å². The van der Waals surface area contributed by atoms with Gasteiger partial charge in [-0.15, -0.1) is 0 Å². The molecule has 0 aliphatic carbocycles. The fraction of sp³-hybridized carbons (Fsp3) is 0.238. The summed E-state index contributed by atoms with van der Waals surface area (Å²) in [5.41, 5.74) is 6.56. The summed E-state index contributed by atoms with van der Waals surface area (Å²) in [6.45, 7) is -0.792. The van der Waals surface area contributed by atoms with Crippen LogP contribution in [0.15, 0.2) is 47.5 Å². The van der Waals surface area contributed by atoms with Gasteiger partial charge in [0.1, 0.15) is 0 Å². The predicted octanol–water partition coefficient (Wildman–Crippen LogP) is 1.36. The topological polar surface area (TPSA) is 163 Å². The molecule has 0 spiro atoms. The van der Waals surface area contributed by atoms with E-state index < -0.39 is 65.8 Å². The van der Waals surface area contributed by atoms with Gasteiger partial charge in [0, 0.05) is 18.0 Å². The SMILES string of the molecule is NC(N)=Nc1cccc(C(=O)NCC(=O)NC(CC(=O)[O-])c2cc(C(F)(F)F)cc(C(F)(F)F)c2)c1. The number of carbonyl (C=O) groups excluding carboxylic acids is 3. The van der Waals surface area contributed by atoms with Crippen molar-refractivity contribution < 1.29 is 45.8 Å². The Balaban J connectivity index is 2.24. The van der Waals surface area contributed by atoms with Crippen LogP contribution in [0.2, 0.25) is 0 Å². The minimum Gasteiger partial charge on any atom is -0.550 e. The molecule has 0 bridgehead atoms. The summed E-state index contributed by atoms with van der Waals surface area (Å²) in [7, 11) is 0. The van der Waals surface area contributed by atoms with Gasteiger partial charge < -0.3 is 32.0 Å². The number of amides is 2. The number of hydrogen-bond donors (Lipinski definition) is 4. The molecule has 1 atom stereocenters. The summed E-state index contributed by atoms with van der Waals surface area (Å²) >= 11 is 0. The van der Waals surface area contributed by atoms with E-state index in [9.17, 15) is 45.8 Å². The van der Waals surface area contributed by atoms with Gasteiger partial charge in [-0.25, -0.2) is 4.99 Å².